The Balaban J connectivity index is 1.58. The number of nitrogens with zero attached hydrogens (tertiary/aromatic N) is 6. The van der Waals surface area contributed by atoms with E-state index in [1.807, 2.05) is 41.2 Å². The van der Waals surface area contributed by atoms with E-state index in [0.717, 1.165) is 28.4 Å². The summed E-state index contributed by atoms with van der Waals surface area (Å²) in [5.41, 5.74) is 5.47. The fraction of sp³-hybridized carbons (Fsp3) is 0.250. The number of methoxy groups -OCH3 is 1. The first-order valence-corrected chi connectivity index (χ1v) is 11.1. The van der Waals surface area contributed by atoms with Crippen LogP contribution in [0.5, 0.6) is 5.75 Å². The quantitative estimate of drug-likeness (QED) is 0.442. The maximum atomic E-state index is 5.84. The number of hydrogen-bond donors (Lipinski definition) is 1. The highest BCUT2D eigenvalue weighted by Crippen LogP contribution is 2.41. The third kappa shape index (κ3) is 3.84. The molecule has 0 aliphatic carbocycles. The van der Waals surface area contributed by atoms with E-state index in [1.165, 1.54) is 5.56 Å². The Morgan fingerprint density at radius 2 is 1.82 bits per heavy atom. The summed E-state index contributed by atoms with van der Waals surface area (Å²) in [6.45, 7) is 4.87. The van der Waals surface area contributed by atoms with Gasteiger partial charge in [-0.15, -0.1) is 10.2 Å². The lowest BCUT2D eigenvalue weighted by Crippen LogP contribution is -2.29. The van der Waals surface area contributed by atoms with Gasteiger partial charge in [0.15, 0.2) is 5.11 Å². The number of hydrogen-bond acceptors (Lipinski definition) is 5. The maximum absolute atomic E-state index is 5.84. The normalized spacial score (nSPS) is 17.9. The number of nitrogens with one attached hydrogen (secondary N) is 1. The number of rotatable bonds is 6. The molecule has 0 amide bonds. The zero-order valence-electron chi connectivity index (χ0n) is 18.7. The van der Waals surface area contributed by atoms with E-state index in [-0.39, 0.29) is 12.1 Å². The molecule has 0 unspecified atom stereocenters. The minimum absolute atomic E-state index is 0.0362. The molecular weight excluding hydrogens is 434 g/mol. The van der Waals surface area contributed by atoms with Gasteiger partial charge in [-0.25, -0.2) is 4.68 Å². The van der Waals surface area contributed by atoms with E-state index in [0.29, 0.717) is 11.7 Å². The number of aromatic nitrogens is 5. The zero-order chi connectivity index (χ0) is 22.9. The van der Waals surface area contributed by atoms with Crippen molar-refractivity contribution in [2.24, 2.45) is 0 Å². The van der Waals surface area contributed by atoms with Crippen LogP contribution in [0, 0.1) is 13.8 Å². The van der Waals surface area contributed by atoms with Gasteiger partial charge in [0.05, 0.1) is 24.9 Å². The van der Waals surface area contributed by atoms with Gasteiger partial charge in [0.2, 0.25) is 0 Å². The molecule has 8 nitrogen and oxygen atoms in total. The largest absolute Gasteiger partial charge is 0.497 e. The Bertz CT molecular complexity index is 1250. The van der Waals surface area contributed by atoms with Crippen LogP contribution < -0.4 is 10.1 Å². The molecule has 9 heteroatoms. The molecule has 3 aromatic heterocycles. The molecule has 2 atom stereocenters. The summed E-state index contributed by atoms with van der Waals surface area (Å²) < 4.78 is 9.31. The summed E-state index contributed by atoms with van der Waals surface area (Å²) in [4.78, 5) is 6.89. The smallest absolute Gasteiger partial charge is 0.170 e. The summed E-state index contributed by atoms with van der Waals surface area (Å²) in [7, 11) is 1.67. The van der Waals surface area contributed by atoms with Gasteiger partial charge in [-0.05, 0) is 62.0 Å². The van der Waals surface area contributed by atoms with Gasteiger partial charge >= 0.3 is 0 Å². The van der Waals surface area contributed by atoms with Crippen LogP contribution in [-0.4, -0.2) is 41.7 Å². The summed E-state index contributed by atoms with van der Waals surface area (Å²) in [6.07, 6.45) is 5.23. The zero-order valence-corrected chi connectivity index (χ0v) is 19.5. The molecule has 1 saturated heterocycles. The van der Waals surface area contributed by atoms with Crippen molar-refractivity contribution in [3.8, 4) is 5.75 Å². The predicted octanol–water partition coefficient (Wildman–Crippen LogP) is 3.58. The van der Waals surface area contributed by atoms with E-state index in [9.17, 15) is 0 Å². The highest BCUT2D eigenvalue weighted by molar-refractivity contribution is 7.80. The second-order valence-electron chi connectivity index (χ2n) is 8.08. The van der Waals surface area contributed by atoms with E-state index < -0.39 is 0 Å². The Hall–Kier alpha value is -3.72. The van der Waals surface area contributed by atoms with Gasteiger partial charge < -0.3 is 15.0 Å². The number of thiocarbonyl (C=S) groups is 1. The average molecular weight is 460 g/mol. The van der Waals surface area contributed by atoms with Gasteiger partial charge in [0.1, 0.15) is 18.4 Å². The molecule has 0 bridgehead atoms. The summed E-state index contributed by atoms with van der Waals surface area (Å²) in [5, 5.41) is 12.2. The van der Waals surface area contributed by atoms with Crippen LogP contribution in [0.3, 0.4) is 0 Å². The molecule has 4 heterocycles. The first-order valence-electron chi connectivity index (χ1n) is 10.7. The summed E-state index contributed by atoms with van der Waals surface area (Å²) >= 11 is 5.84. The molecule has 0 saturated carbocycles. The van der Waals surface area contributed by atoms with E-state index in [4.69, 9.17) is 17.0 Å². The van der Waals surface area contributed by atoms with Crippen LogP contribution in [0.25, 0.3) is 0 Å². The van der Waals surface area contributed by atoms with Crippen LogP contribution in [0.2, 0.25) is 0 Å². The maximum Gasteiger partial charge on any atom is 0.170 e. The molecule has 0 spiro atoms. The fourth-order valence-electron chi connectivity index (χ4n) is 4.57. The first kappa shape index (κ1) is 21.1. The standard InChI is InChI=1S/C24H25N7OS/c1-16-12-20(17(2)31(16)29-14-26-27-15-29)23-22(21-6-4-5-11-25-21)28-24(33)30(23)13-18-7-9-19(32-3)10-8-18/h4-12,14-15,22-23H,13H2,1-3H3,(H,28,33)/t22-,23+/m0/s1. The molecule has 4 aromatic rings. The van der Waals surface area contributed by atoms with Gasteiger partial charge in [0.25, 0.3) is 0 Å². The minimum atomic E-state index is -0.0770. The van der Waals surface area contributed by atoms with Crippen LogP contribution in [0.15, 0.2) is 67.4 Å². The topological polar surface area (TPSA) is 73.0 Å². The lowest BCUT2D eigenvalue weighted by atomic mass is 9.96. The van der Waals surface area contributed by atoms with Crippen molar-refractivity contribution < 1.29 is 4.74 Å². The molecule has 5 rings (SSSR count). The Morgan fingerprint density at radius 1 is 1.06 bits per heavy atom. The third-order valence-corrected chi connectivity index (χ3v) is 6.45. The summed E-state index contributed by atoms with van der Waals surface area (Å²) in [6, 6.07) is 16.2. The molecule has 0 radical (unpaired) electrons. The van der Waals surface area contributed by atoms with Crippen LogP contribution >= 0.6 is 12.2 Å². The Morgan fingerprint density at radius 3 is 2.48 bits per heavy atom. The van der Waals surface area contributed by atoms with Crippen LogP contribution in [0.4, 0.5) is 0 Å². The van der Waals surface area contributed by atoms with Gasteiger partial charge in [0, 0.05) is 29.7 Å². The Kier molecular flexibility index (Phi) is 5.55. The van der Waals surface area contributed by atoms with E-state index in [2.05, 4.69) is 62.1 Å². The van der Waals surface area contributed by atoms with Crippen molar-refractivity contribution in [1.82, 2.24) is 34.8 Å². The van der Waals surface area contributed by atoms with Gasteiger partial charge in [-0.3, -0.25) is 9.66 Å². The molecule has 33 heavy (non-hydrogen) atoms. The molecular formula is C24H25N7OS. The average Bonchev–Trinajstić information content (AvgIpc) is 3.54. The van der Waals surface area contributed by atoms with Gasteiger partial charge in [-0.2, -0.15) is 0 Å². The molecule has 1 fully saturated rings. The lowest BCUT2D eigenvalue weighted by molar-refractivity contribution is 0.309. The fourth-order valence-corrected chi connectivity index (χ4v) is 4.88. The minimum Gasteiger partial charge on any atom is -0.497 e. The highest BCUT2D eigenvalue weighted by atomic mass is 32.1. The third-order valence-electron chi connectivity index (χ3n) is 6.10. The van der Waals surface area contributed by atoms with Crippen LogP contribution in [-0.2, 0) is 6.54 Å². The number of pyridine rings is 1. The van der Waals surface area contributed by atoms with Crippen molar-refractivity contribution in [2.45, 2.75) is 32.5 Å². The molecule has 1 aliphatic rings. The van der Waals surface area contributed by atoms with Crippen molar-refractivity contribution in [2.75, 3.05) is 7.11 Å². The molecule has 1 aromatic carbocycles. The second kappa shape index (κ2) is 8.67. The lowest BCUT2D eigenvalue weighted by Gasteiger charge is -2.28. The Labute approximate surface area is 197 Å². The number of ether oxygens (including phenoxy) is 1. The number of aryl methyl sites for hydroxylation is 1. The number of benzene rings is 1. The monoisotopic (exact) mass is 459 g/mol. The van der Waals surface area contributed by atoms with Crippen molar-refractivity contribution in [1.29, 1.82) is 0 Å². The van der Waals surface area contributed by atoms with Crippen LogP contribution in [0.1, 0.15) is 40.3 Å². The van der Waals surface area contributed by atoms with Gasteiger partial charge in [-0.1, -0.05) is 18.2 Å². The van der Waals surface area contributed by atoms with Crippen molar-refractivity contribution >= 4 is 17.3 Å². The highest BCUT2D eigenvalue weighted by Gasteiger charge is 2.41. The van der Waals surface area contributed by atoms with E-state index in [1.54, 1.807) is 19.8 Å². The van der Waals surface area contributed by atoms with Crippen molar-refractivity contribution in [3.63, 3.8) is 0 Å². The van der Waals surface area contributed by atoms with Crippen molar-refractivity contribution in [3.05, 3.63) is 95.6 Å². The molecule has 1 aliphatic heterocycles. The second-order valence-corrected chi connectivity index (χ2v) is 8.47. The SMILES string of the molecule is COc1ccc(CN2C(=S)N[C@@H](c3ccccn3)[C@H]2c2cc(C)n(-n3cnnc3)c2C)cc1. The van der Waals surface area contributed by atoms with E-state index >= 15 is 0 Å². The first-order chi connectivity index (χ1) is 16.1. The predicted molar refractivity (Wildman–Crippen MR) is 129 cm³/mol. The molecule has 1 N–H and O–H groups in total. The summed E-state index contributed by atoms with van der Waals surface area (Å²) in [5.74, 6) is 0.835. The molecule has 168 valence electrons.